The highest BCUT2D eigenvalue weighted by atomic mass is 35.5. The number of halogens is 1. The van der Waals surface area contributed by atoms with Crippen molar-refractivity contribution < 1.29 is 14.7 Å². The van der Waals surface area contributed by atoms with Crippen LogP contribution in [0.4, 0.5) is 0 Å². The first-order valence-electron chi connectivity index (χ1n) is 4.05. The Morgan fingerprint density at radius 3 is 2.57 bits per heavy atom. The molecular weight excluding hydrogens is 204 g/mol. The van der Waals surface area contributed by atoms with Crippen molar-refractivity contribution in [2.45, 2.75) is 6.92 Å². The predicted molar refractivity (Wildman–Crippen MR) is 52.6 cm³/mol. The van der Waals surface area contributed by atoms with Gasteiger partial charge in [0.15, 0.2) is 5.78 Å². The lowest BCUT2D eigenvalue weighted by Crippen LogP contribution is -2.20. The Labute approximate surface area is 86.3 Å². The van der Waals surface area contributed by atoms with Crippen molar-refractivity contribution >= 4 is 23.4 Å². The summed E-state index contributed by atoms with van der Waals surface area (Å²) in [5.74, 6) is -2.59. The van der Waals surface area contributed by atoms with Crippen molar-refractivity contribution in [3.63, 3.8) is 0 Å². The summed E-state index contributed by atoms with van der Waals surface area (Å²) in [6.45, 7) is 1.35. The van der Waals surface area contributed by atoms with Crippen LogP contribution in [0.5, 0.6) is 0 Å². The van der Waals surface area contributed by atoms with E-state index in [0.29, 0.717) is 10.6 Å². The van der Waals surface area contributed by atoms with E-state index >= 15 is 0 Å². The predicted octanol–water partition coefficient (Wildman–Crippen LogP) is 2.24. The molecule has 0 aromatic heterocycles. The second-order valence-corrected chi connectivity index (χ2v) is 3.37. The maximum Gasteiger partial charge on any atom is 0.314 e. The molecule has 74 valence electrons. The van der Waals surface area contributed by atoms with Crippen LogP contribution in [0.15, 0.2) is 24.3 Å². The van der Waals surface area contributed by atoms with Crippen molar-refractivity contribution in [3.05, 3.63) is 34.9 Å². The van der Waals surface area contributed by atoms with Crippen molar-refractivity contribution in [1.29, 1.82) is 0 Å². The van der Waals surface area contributed by atoms with Crippen LogP contribution in [-0.4, -0.2) is 16.9 Å². The van der Waals surface area contributed by atoms with Gasteiger partial charge in [-0.05, 0) is 19.1 Å². The minimum absolute atomic E-state index is 0.326. The highest BCUT2D eigenvalue weighted by Gasteiger charge is 2.21. The molecule has 4 heteroatoms. The molecule has 1 unspecified atom stereocenters. The van der Waals surface area contributed by atoms with Crippen molar-refractivity contribution in [2.75, 3.05) is 0 Å². The Morgan fingerprint density at radius 1 is 1.43 bits per heavy atom. The highest BCUT2D eigenvalue weighted by Crippen LogP contribution is 2.14. The summed E-state index contributed by atoms with van der Waals surface area (Å²) in [7, 11) is 0. The number of hydrogen-bond donors (Lipinski definition) is 1. The summed E-state index contributed by atoms with van der Waals surface area (Å²) >= 11 is 5.67. The number of carbonyl (C=O) groups is 2. The summed E-state index contributed by atoms with van der Waals surface area (Å²) in [5, 5.41) is 9.05. The minimum Gasteiger partial charge on any atom is -0.481 e. The van der Waals surface area contributed by atoms with Crippen LogP contribution in [0, 0.1) is 5.92 Å². The number of carbonyl (C=O) groups excluding carboxylic acids is 1. The summed E-state index contributed by atoms with van der Waals surface area (Å²) < 4.78 is 0. The lowest BCUT2D eigenvalue weighted by Gasteiger charge is -2.04. The molecule has 0 saturated heterocycles. The zero-order valence-electron chi connectivity index (χ0n) is 7.53. The van der Waals surface area contributed by atoms with Gasteiger partial charge in [0, 0.05) is 10.6 Å². The molecule has 0 amide bonds. The first-order valence-corrected chi connectivity index (χ1v) is 4.42. The molecule has 0 fully saturated rings. The van der Waals surface area contributed by atoms with E-state index in [0.717, 1.165) is 0 Å². The van der Waals surface area contributed by atoms with Gasteiger partial charge in [-0.2, -0.15) is 0 Å². The van der Waals surface area contributed by atoms with E-state index in [9.17, 15) is 9.59 Å². The van der Waals surface area contributed by atoms with E-state index in [-0.39, 0.29) is 0 Å². The number of hydrogen-bond acceptors (Lipinski definition) is 2. The third-order valence-corrected chi connectivity index (χ3v) is 2.11. The molecule has 0 aliphatic carbocycles. The van der Waals surface area contributed by atoms with Gasteiger partial charge in [-0.25, -0.2) is 0 Å². The van der Waals surface area contributed by atoms with E-state index in [2.05, 4.69) is 0 Å². The smallest absolute Gasteiger partial charge is 0.314 e. The van der Waals surface area contributed by atoms with Gasteiger partial charge < -0.3 is 5.11 Å². The van der Waals surface area contributed by atoms with E-state index in [1.54, 1.807) is 18.2 Å². The Hall–Kier alpha value is -1.35. The molecule has 1 aromatic rings. The van der Waals surface area contributed by atoms with E-state index < -0.39 is 17.7 Å². The standard InChI is InChI=1S/C10H9ClO3/c1-6(10(13)14)9(12)7-3-2-4-8(11)5-7/h2-6H,1H3,(H,13,14). The molecule has 0 aliphatic heterocycles. The molecule has 0 radical (unpaired) electrons. The Balaban J connectivity index is 2.95. The Kier molecular flexibility index (Phi) is 3.25. The highest BCUT2D eigenvalue weighted by molar-refractivity contribution is 6.31. The Bertz CT molecular complexity index is 373. The number of aliphatic carboxylic acids is 1. The lowest BCUT2D eigenvalue weighted by atomic mass is 10.00. The molecule has 1 rings (SSSR count). The Morgan fingerprint density at radius 2 is 2.07 bits per heavy atom. The average molecular weight is 213 g/mol. The fourth-order valence-corrected chi connectivity index (χ4v) is 1.19. The fraction of sp³-hybridized carbons (Fsp3) is 0.200. The van der Waals surface area contributed by atoms with Gasteiger partial charge in [-0.15, -0.1) is 0 Å². The largest absolute Gasteiger partial charge is 0.481 e. The molecular formula is C10H9ClO3. The van der Waals surface area contributed by atoms with Crippen LogP contribution in [-0.2, 0) is 4.79 Å². The molecule has 0 heterocycles. The van der Waals surface area contributed by atoms with E-state index in [1.807, 2.05) is 0 Å². The number of carboxylic acids is 1. The van der Waals surface area contributed by atoms with Crippen LogP contribution in [0.3, 0.4) is 0 Å². The van der Waals surface area contributed by atoms with Crippen LogP contribution < -0.4 is 0 Å². The minimum atomic E-state index is -1.13. The van der Waals surface area contributed by atoms with Crippen LogP contribution in [0.25, 0.3) is 0 Å². The van der Waals surface area contributed by atoms with Crippen molar-refractivity contribution in [1.82, 2.24) is 0 Å². The number of rotatable bonds is 3. The third-order valence-electron chi connectivity index (χ3n) is 1.87. The van der Waals surface area contributed by atoms with Gasteiger partial charge in [-0.3, -0.25) is 9.59 Å². The lowest BCUT2D eigenvalue weighted by molar-refractivity contribution is -0.139. The zero-order valence-corrected chi connectivity index (χ0v) is 8.28. The number of benzene rings is 1. The normalized spacial score (nSPS) is 12.1. The maximum absolute atomic E-state index is 11.5. The molecule has 1 N–H and O–H groups in total. The first kappa shape index (κ1) is 10.7. The quantitative estimate of drug-likeness (QED) is 0.618. The van der Waals surface area contributed by atoms with Gasteiger partial charge in [0.05, 0.1) is 0 Å². The van der Waals surface area contributed by atoms with Crippen molar-refractivity contribution in [2.24, 2.45) is 5.92 Å². The molecule has 0 saturated carbocycles. The monoisotopic (exact) mass is 212 g/mol. The average Bonchev–Trinajstić information content (AvgIpc) is 2.15. The molecule has 14 heavy (non-hydrogen) atoms. The molecule has 1 atom stereocenters. The second kappa shape index (κ2) is 4.24. The summed E-state index contributed by atoms with van der Waals surface area (Å²) in [6.07, 6.45) is 0. The summed E-state index contributed by atoms with van der Waals surface area (Å²) in [5.41, 5.74) is 0.326. The van der Waals surface area contributed by atoms with Crippen LogP contribution in [0.2, 0.25) is 5.02 Å². The number of ketones is 1. The second-order valence-electron chi connectivity index (χ2n) is 2.93. The van der Waals surface area contributed by atoms with E-state index in [4.69, 9.17) is 16.7 Å². The maximum atomic E-state index is 11.5. The fourth-order valence-electron chi connectivity index (χ4n) is 1.00. The zero-order chi connectivity index (χ0) is 10.7. The van der Waals surface area contributed by atoms with Crippen molar-refractivity contribution in [3.8, 4) is 0 Å². The van der Waals surface area contributed by atoms with Crippen LogP contribution in [0.1, 0.15) is 17.3 Å². The van der Waals surface area contributed by atoms with Gasteiger partial charge >= 0.3 is 5.97 Å². The summed E-state index contributed by atoms with van der Waals surface area (Å²) in [4.78, 5) is 22.0. The van der Waals surface area contributed by atoms with Gasteiger partial charge in [-0.1, -0.05) is 23.7 Å². The van der Waals surface area contributed by atoms with Crippen LogP contribution >= 0.6 is 11.6 Å². The number of Topliss-reactive ketones (excluding diaryl/α,β-unsaturated/α-hetero) is 1. The van der Waals surface area contributed by atoms with E-state index in [1.165, 1.54) is 13.0 Å². The molecule has 3 nitrogen and oxygen atoms in total. The molecule has 0 bridgehead atoms. The van der Waals surface area contributed by atoms with Gasteiger partial charge in [0.1, 0.15) is 5.92 Å². The topological polar surface area (TPSA) is 54.4 Å². The van der Waals surface area contributed by atoms with Gasteiger partial charge in [0.2, 0.25) is 0 Å². The summed E-state index contributed by atoms with van der Waals surface area (Å²) in [6, 6.07) is 6.25. The number of carboxylic acid groups (broad SMARTS) is 1. The third kappa shape index (κ3) is 2.33. The SMILES string of the molecule is CC(C(=O)O)C(=O)c1cccc(Cl)c1. The molecule has 0 spiro atoms. The molecule has 0 aliphatic rings. The molecule has 1 aromatic carbocycles. The van der Waals surface area contributed by atoms with Gasteiger partial charge in [0.25, 0.3) is 0 Å². The first-order chi connectivity index (χ1) is 6.52.